The molecule has 1 saturated carbocycles. The van der Waals surface area contributed by atoms with Crippen LogP contribution in [0.1, 0.15) is 102 Å². The van der Waals surface area contributed by atoms with Gasteiger partial charge in [-0.2, -0.15) is 0 Å². The summed E-state index contributed by atoms with van der Waals surface area (Å²) in [6.07, 6.45) is 21.4. The molecule has 30 heavy (non-hydrogen) atoms. The first-order valence-electron chi connectivity index (χ1n) is 12.8. The van der Waals surface area contributed by atoms with E-state index in [1.54, 1.807) is 0 Å². The van der Waals surface area contributed by atoms with E-state index in [-0.39, 0.29) is 0 Å². The van der Waals surface area contributed by atoms with E-state index < -0.39 is 0 Å². The zero-order valence-corrected chi connectivity index (χ0v) is 19.5. The van der Waals surface area contributed by atoms with Crippen LogP contribution < -0.4 is 0 Å². The number of benzene rings is 1. The van der Waals surface area contributed by atoms with Crippen LogP contribution in [0.5, 0.6) is 0 Å². The van der Waals surface area contributed by atoms with Gasteiger partial charge in [-0.15, -0.1) is 0 Å². The molecular weight excluding hydrogens is 362 g/mol. The van der Waals surface area contributed by atoms with Crippen LogP contribution in [-0.2, 0) is 12.8 Å². The summed E-state index contributed by atoms with van der Waals surface area (Å²) >= 11 is 0. The quantitative estimate of drug-likeness (QED) is 0.321. The van der Waals surface area contributed by atoms with Crippen molar-refractivity contribution in [1.29, 1.82) is 0 Å². The van der Waals surface area contributed by atoms with Crippen molar-refractivity contribution in [2.75, 3.05) is 0 Å². The molecule has 2 aromatic rings. The smallest absolute Gasteiger partial charge is 0.0702 e. The first-order valence-corrected chi connectivity index (χ1v) is 12.8. The van der Waals surface area contributed by atoms with Crippen LogP contribution in [0.25, 0.3) is 11.3 Å². The van der Waals surface area contributed by atoms with Crippen LogP contribution >= 0.6 is 0 Å². The van der Waals surface area contributed by atoms with Gasteiger partial charge < -0.3 is 0 Å². The van der Waals surface area contributed by atoms with Crippen LogP contribution in [-0.4, -0.2) is 4.98 Å². The molecule has 1 nitrogen and oxygen atoms in total. The third-order valence-electron chi connectivity index (χ3n) is 7.09. The third kappa shape index (κ3) is 7.56. The molecule has 1 heterocycles. The van der Waals surface area contributed by atoms with E-state index in [0.29, 0.717) is 0 Å². The maximum Gasteiger partial charge on any atom is 0.0702 e. The molecule has 3 rings (SSSR count). The summed E-state index contributed by atoms with van der Waals surface area (Å²) in [5.41, 5.74) is 5.18. The van der Waals surface area contributed by atoms with E-state index in [2.05, 4.69) is 56.4 Å². The van der Waals surface area contributed by atoms with Gasteiger partial charge in [-0.1, -0.05) is 102 Å². The second kappa shape index (κ2) is 12.9. The highest BCUT2D eigenvalue weighted by molar-refractivity contribution is 5.59. The van der Waals surface area contributed by atoms with Crippen molar-refractivity contribution >= 4 is 0 Å². The minimum Gasteiger partial charge on any atom is -0.256 e. The summed E-state index contributed by atoms with van der Waals surface area (Å²) in [4.78, 5) is 4.78. The van der Waals surface area contributed by atoms with E-state index in [1.807, 2.05) is 0 Å². The Morgan fingerprint density at radius 3 is 2.17 bits per heavy atom. The van der Waals surface area contributed by atoms with Crippen LogP contribution in [0.4, 0.5) is 0 Å². The molecule has 1 aromatic carbocycles. The van der Waals surface area contributed by atoms with Gasteiger partial charge in [0, 0.05) is 11.8 Å². The topological polar surface area (TPSA) is 12.9 Å². The molecule has 2 unspecified atom stereocenters. The molecule has 1 fully saturated rings. The molecule has 1 aliphatic rings. The summed E-state index contributed by atoms with van der Waals surface area (Å²) < 4.78 is 0. The van der Waals surface area contributed by atoms with Crippen molar-refractivity contribution in [2.24, 2.45) is 11.8 Å². The fourth-order valence-corrected chi connectivity index (χ4v) is 5.12. The maximum absolute atomic E-state index is 4.78. The van der Waals surface area contributed by atoms with Gasteiger partial charge in [0.1, 0.15) is 0 Å². The van der Waals surface area contributed by atoms with Gasteiger partial charge in [-0.05, 0) is 61.1 Å². The fourth-order valence-electron chi connectivity index (χ4n) is 5.12. The zero-order valence-electron chi connectivity index (χ0n) is 19.5. The molecule has 0 spiro atoms. The van der Waals surface area contributed by atoms with E-state index >= 15 is 0 Å². The lowest BCUT2D eigenvalue weighted by Gasteiger charge is -2.29. The van der Waals surface area contributed by atoms with Crippen LogP contribution in [0, 0.1) is 11.8 Å². The number of hydrogen-bond donors (Lipinski definition) is 0. The highest BCUT2D eigenvalue weighted by atomic mass is 14.7. The molecule has 1 aliphatic carbocycles. The average molecular weight is 406 g/mol. The van der Waals surface area contributed by atoms with E-state index in [4.69, 9.17) is 4.98 Å². The first kappa shape index (κ1) is 23.0. The van der Waals surface area contributed by atoms with Crippen LogP contribution in [0.2, 0.25) is 0 Å². The Morgan fingerprint density at radius 1 is 0.733 bits per heavy atom. The van der Waals surface area contributed by atoms with E-state index in [0.717, 1.165) is 17.5 Å². The molecule has 1 aromatic heterocycles. The minimum atomic E-state index is 0.935. The summed E-state index contributed by atoms with van der Waals surface area (Å²) in [6, 6.07) is 13.5. The second-order valence-electron chi connectivity index (χ2n) is 9.64. The van der Waals surface area contributed by atoms with Gasteiger partial charge in [-0.3, -0.25) is 4.98 Å². The molecular formula is C29H43N. The van der Waals surface area contributed by atoms with Crippen LogP contribution in [0.3, 0.4) is 0 Å². The largest absolute Gasteiger partial charge is 0.256 e. The Labute approximate surface area is 185 Å². The highest BCUT2D eigenvalue weighted by Gasteiger charge is 2.21. The van der Waals surface area contributed by atoms with Crippen molar-refractivity contribution in [3.63, 3.8) is 0 Å². The molecule has 0 radical (unpaired) electrons. The fraction of sp³-hybridized carbons (Fsp3) is 0.621. The standard InChI is InChI=1S/C29H43N/c1-3-5-7-8-11-25-12-9-13-26(22-25)14-15-27-18-21-29(30-23-27)28-19-16-24(17-20-28)10-6-4-2/h16-21,23,25-26H,3-15,22H2,1-2H3. The predicted octanol–water partition coefficient (Wildman–Crippen LogP) is 8.80. The van der Waals surface area contributed by atoms with Gasteiger partial charge in [0.15, 0.2) is 0 Å². The molecule has 0 saturated heterocycles. The number of unbranched alkanes of at least 4 members (excludes halogenated alkanes) is 4. The average Bonchev–Trinajstić information content (AvgIpc) is 2.80. The SMILES string of the molecule is CCCCCCC1CCCC(CCc2ccc(-c3ccc(CCCC)cc3)nc2)C1. The number of aryl methyl sites for hydroxylation is 2. The molecule has 0 N–H and O–H groups in total. The molecule has 0 aliphatic heterocycles. The van der Waals surface area contributed by atoms with Gasteiger partial charge in [0.25, 0.3) is 0 Å². The van der Waals surface area contributed by atoms with E-state index in [1.165, 1.54) is 107 Å². The zero-order chi connectivity index (χ0) is 21.0. The highest BCUT2D eigenvalue weighted by Crippen LogP contribution is 2.34. The normalized spacial score (nSPS) is 19.1. The Balaban J connectivity index is 1.44. The minimum absolute atomic E-state index is 0.935. The van der Waals surface area contributed by atoms with Crippen molar-refractivity contribution in [2.45, 2.75) is 104 Å². The van der Waals surface area contributed by atoms with E-state index in [9.17, 15) is 0 Å². The van der Waals surface area contributed by atoms with Crippen LogP contribution in [0.15, 0.2) is 42.6 Å². The van der Waals surface area contributed by atoms with Crippen molar-refractivity contribution in [3.8, 4) is 11.3 Å². The van der Waals surface area contributed by atoms with Gasteiger partial charge in [0.2, 0.25) is 0 Å². The number of rotatable bonds is 12. The second-order valence-corrected chi connectivity index (χ2v) is 9.64. The number of aromatic nitrogens is 1. The van der Waals surface area contributed by atoms with Crippen molar-refractivity contribution in [1.82, 2.24) is 4.98 Å². The lowest BCUT2D eigenvalue weighted by molar-refractivity contribution is 0.239. The Morgan fingerprint density at radius 2 is 1.47 bits per heavy atom. The van der Waals surface area contributed by atoms with Gasteiger partial charge in [0.05, 0.1) is 5.69 Å². The van der Waals surface area contributed by atoms with Crippen molar-refractivity contribution in [3.05, 3.63) is 53.7 Å². The maximum atomic E-state index is 4.78. The molecule has 1 heteroatoms. The first-order chi connectivity index (χ1) is 14.8. The summed E-state index contributed by atoms with van der Waals surface area (Å²) in [5, 5.41) is 0. The Bertz CT molecular complexity index is 700. The Hall–Kier alpha value is -1.63. The lowest BCUT2D eigenvalue weighted by atomic mass is 9.77. The number of nitrogens with zero attached hydrogens (tertiary/aromatic N) is 1. The van der Waals surface area contributed by atoms with Gasteiger partial charge in [-0.25, -0.2) is 0 Å². The molecule has 0 amide bonds. The summed E-state index contributed by atoms with van der Waals surface area (Å²) in [6.45, 7) is 4.56. The number of pyridine rings is 1. The predicted molar refractivity (Wildman–Crippen MR) is 131 cm³/mol. The lowest BCUT2D eigenvalue weighted by Crippen LogP contribution is -2.16. The Kier molecular flexibility index (Phi) is 9.93. The number of hydrogen-bond acceptors (Lipinski definition) is 1. The molecule has 2 atom stereocenters. The van der Waals surface area contributed by atoms with Crippen molar-refractivity contribution < 1.29 is 0 Å². The van der Waals surface area contributed by atoms with Gasteiger partial charge >= 0.3 is 0 Å². The summed E-state index contributed by atoms with van der Waals surface area (Å²) in [7, 11) is 0. The summed E-state index contributed by atoms with van der Waals surface area (Å²) in [5.74, 6) is 1.94. The molecule has 0 bridgehead atoms. The molecule has 164 valence electrons. The monoisotopic (exact) mass is 405 g/mol. The third-order valence-corrected chi connectivity index (χ3v) is 7.09.